The van der Waals surface area contributed by atoms with Gasteiger partial charge >= 0.3 is 0 Å². The molecule has 0 spiro atoms. The number of nitrogens with zero attached hydrogens (tertiary/aromatic N) is 2. The number of β-amino-alcohol motifs (C(OH)–C–C–N with tert-alkyl or cyclic N) is 1. The summed E-state index contributed by atoms with van der Waals surface area (Å²) in [5.74, 6) is 0.581. The minimum absolute atomic E-state index is 0.117. The fraction of sp³-hybridized carbons (Fsp3) is 0.500. The highest BCUT2D eigenvalue weighted by atomic mass is 16.5. The number of likely N-dealkylation sites (N-methyl/N-ethyl adjacent to an activating group) is 1. The number of rotatable bonds is 3. The first-order chi connectivity index (χ1) is 11.5. The molecular formula is C16H21N3O5. The Balaban J connectivity index is 1.68. The lowest BCUT2D eigenvalue weighted by Gasteiger charge is -2.19. The van der Waals surface area contributed by atoms with E-state index in [0.29, 0.717) is 36.7 Å². The summed E-state index contributed by atoms with van der Waals surface area (Å²) >= 11 is 0. The van der Waals surface area contributed by atoms with Crippen molar-refractivity contribution < 1.29 is 24.2 Å². The molecule has 2 amide bonds. The number of aliphatic hydroxyl groups excluding tert-OH is 1. The summed E-state index contributed by atoms with van der Waals surface area (Å²) in [5, 5.41) is 9.47. The summed E-state index contributed by atoms with van der Waals surface area (Å²) in [6.07, 6.45) is 0.136. The number of likely N-dealkylation sites (tertiary alicyclic amines) is 1. The predicted molar refractivity (Wildman–Crippen MR) is 86.0 cm³/mol. The van der Waals surface area contributed by atoms with E-state index in [0.717, 1.165) is 0 Å². The van der Waals surface area contributed by atoms with Crippen molar-refractivity contribution in [2.45, 2.75) is 18.6 Å². The maximum atomic E-state index is 12.1. The van der Waals surface area contributed by atoms with Crippen molar-refractivity contribution in [2.24, 2.45) is 5.73 Å². The smallest absolute Gasteiger partial charge is 0.260 e. The average Bonchev–Trinajstić information content (AvgIpc) is 2.99. The minimum atomic E-state index is -0.713. The molecule has 24 heavy (non-hydrogen) atoms. The zero-order valence-corrected chi connectivity index (χ0v) is 13.5. The number of nitrogens with two attached hydrogens (primary N) is 1. The summed E-state index contributed by atoms with van der Waals surface area (Å²) in [7, 11) is 1.62. The van der Waals surface area contributed by atoms with E-state index in [1.807, 2.05) is 0 Å². The first-order valence-corrected chi connectivity index (χ1v) is 7.84. The van der Waals surface area contributed by atoms with Crippen LogP contribution in [0.1, 0.15) is 6.42 Å². The van der Waals surface area contributed by atoms with Gasteiger partial charge in [0.05, 0.1) is 11.8 Å². The van der Waals surface area contributed by atoms with Crippen molar-refractivity contribution in [3.8, 4) is 11.5 Å². The van der Waals surface area contributed by atoms with E-state index in [1.54, 1.807) is 30.1 Å². The van der Waals surface area contributed by atoms with Gasteiger partial charge in [-0.05, 0) is 18.6 Å². The molecule has 1 fully saturated rings. The third kappa shape index (κ3) is 3.29. The van der Waals surface area contributed by atoms with Crippen LogP contribution in [0, 0.1) is 0 Å². The van der Waals surface area contributed by atoms with Crippen molar-refractivity contribution in [3.05, 3.63) is 18.2 Å². The molecule has 8 heteroatoms. The monoisotopic (exact) mass is 335 g/mol. The highest BCUT2D eigenvalue weighted by Gasteiger charge is 2.27. The fourth-order valence-corrected chi connectivity index (χ4v) is 2.79. The van der Waals surface area contributed by atoms with E-state index >= 15 is 0 Å². The molecule has 2 aliphatic heterocycles. The zero-order chi connectivity index (χ0) is 17.3. The second-order valence-electron chi connectivity index (χ2n) is 6.02. The van der Waals surface area contributed by atoms with Crippen LogP contribution in [0.5, 0.6) is 11.5 Å². The van der Waals surface area contributed by atoms with Gasteiger partial charge in [0.1, 0.15) is 24.1 Å². The van der Waals surface area contributed by atoms with Gasteiger partial charge in [-0.1, -0.05) is 0 Å². The zero-order valence-electron chi connectivity index (χ0n) is 13.5. The molecule has 1 saturated heterocycles. The molecule has 1 unspecified atom stereocenters. The van der Waals surface area contributed by atoms with Gasteiger partial charge in [-0.15, -0.1) is 0 Å². The van der Waals surface area contributed by atoms with Crippen LogP contribution in [0.2, 0.25) is 0 Å². The van der Waals surface area contributed by atoms with Gasteiger partial charge in [0, 0.05) is 26.2 Å². The number of amides is 2. The third-order valence-corrected chi connectivity index (χ3v) is 4.24. The Morgan fingerprint density at radius 1 is 1.50 bits per heavy atom. The lowest BCUT2D eigenvalue weighted by Crippen LogP contribution is -2.43. The molecular weight excluding hydrogens is 314 g/mol. The Morgan fingerprint density at radius 2 is 2.29 bits per heavy atom. The van der Waals surface area contributed by atoms with Crippen LogP contribution in [0.25, 0.3) is 0 Å². The molecule has 8 nitrogen and oxygen atoms in total. The number of anilines is 1. The Kier molecular flexibility index (Phi) is 4.59. The number of benzene rings is 1. The molecule has 2 aliphatic rings. The number of hydrogen-bond donors (Lipinski definition) is 2. The van der Waals surface area contributed by atoms with Gasteiger partial charge < -0.3 is 30.1 Å². The van der Waals surface area contributed by atoms with Gasteiger partial charge in [-0.3, -0.25) is 9.59 Å². The quantitative estimate of drug-likeness (QED) is 0.760. The molecule has 2 atom stereocenters. The highest BCUT2D eigenvalue weighted by Crippen LogP contribution is 2.34. The molecule has 0 radical (unpaired) electrons. The van der Waals surface area contributed by atoms with E-state index in [-0.39, 0.29) is 25.0 Å². The van der Waals surface area contributed by atoms with E-state index in [2.05, 4.69) is 0 Å². The van der Waals surface area contributed by atoms with E-state index in [9.17, 15) is 14.7 Å². The third-order valence-electron chi connectivity index (χ3n) is 4.24. The maximum Gasteiger partial charge on any atom is 0.260 e. The van der Waals surface area contributed by atoms with Crippen molar-refractivity contribution in [1.29, 1.82) is 0 Å². The molecule has 0 bridgehead atoms. The molecule has 2 heterocycles. The van der Waals surface area contributed by atoms with E-state index < -0.39 is 12.1 Å². The van der Waals surface area contributed by atoms with Crippen molar-refractivity contribution >= 4 is 17.5 Å². The topological polar surface area (TPSA) is 105 Å². The summed E-state index contributed by atoms with van der Waals surface area (Å²) in [5.41, 5.74) is 6.30. The standard InChI is InChI=1S/C16H21N3O5/c1-18-13-6-11(2-3-14(13)24-8-12(17)16(18)22)23-9-15(21)19-5-4-10(20)7-19/h2-3,6,10,12,20H,4-5,7-9,17H2,1H3/t10?,12-/m0/s1. The molecule has 0 aliphatic carbocycles. The SMILES string of the molecule is CN1C(=O)[C@@H](N)COc2ccc(OCC(=O)N3CCC(O)C3)cc21. The Labute approximate surface area is 139 Å². The van der Waals surface area contributed by atoms with Gasteiger partial charge in [0.15, 0.2) is 6.61 Å². The average molecular weight is 335 g/mol. The minimum Gasteiger partial charge on any atom is -0.489 e. The van der Waals surface area contributed by atoms with Crippen molar-refractivity contribution in [3.63, 3.8) is 0 Å². The second-order valence-corrected chi connectivity index (χ2v) is 6.02. The second kappa shape index (κ2) is 6.66. The van der Waals surface area contributed by atoms with Crippen LogP contribution in [0.15, 0.2) is 18.2 Å². The predicted octanol–water partition coefficient (Wildman–Crippen LogP) is -0.659. The van der Waals surface area contributed by atoms with Gasteiger partial charge in [-0.2, -0.15) is 0 Å². The highest BCUT2D eigenvalue weighted by molar-refractivity contribution is 5.98. The number of carbonyl (C=O) groups is 2. The van der Waals surface area contributed by atoms with Gasteiger partial charge in [-0.25, -0.2) is 0 Å². The van der Waals surface area contributed by atoms with Crippen molar-refractivity contribution in [1.82, 2.24) is 4.90 Å². The largest absolute Gasteiger partial charge is 0.489 e. The molecule has 130 valence electrons. The first-order valence-electron chi connectivity index (χ1n) is 7.84. The molecule has 3 rings (SSSR count). The van der Waals surface area contributed by atoms with E-state index in [1.165, 1.54) is 4.90 Å². The summed E-state index contributed by atoms with van der Waals surface area (Å²) < 4.78 is 11.1. The number of fused-ring (bicyclic) bond motifs is 1. The molecule has 0 saturated carbocycles. The normalized spacial score (nSPS) is 23.5. The van der Waals surface area contributed by atoms with Gasteiger partial charge in [0.2, 0.25) is 5.91 Å². The van der Waals surface area contributed by atoms with E-state index in [4.69, 9.17) is 15.2 Å². The Bertz CT molecular complexity index is 651. The summed E-state index contributed by atoms with van der Waals surface area (Å²) in [6, 6.07) is 4.31. The molecule has 0 aromatic heterocycles. The molecule has 3 N–H and O–H groups in total. The lowest BCUT2D eigenvalue weighted by atomic mass is 10.2. The molecule has 1 aromatic rings. The van der Waals surface area contributed by atoms with Crippen LogP contribution in [0.3, 0.4) is 0 Å². The lowest BCUT2D eigenvalue weighted by molar-refractivity contribution is -0.132. The fourth-order valence-electron chi connectivity index (χ4n) is 2.79. The number of ether oxygens (including phenoxy) is 2. The van der Waals surface area contributed by atoms with Crippen LogP contribution in [-0.2, 0) is 9.59 Å². The number of hydrogen-bond acceptors (Lipinski definition) is 6. The van der Waals surface area contributed by atoms with Crippen LogP contribution >= 0.6 is 0 Å². The van der Waals surface area contributed by atoms with Crippen LogP contribution < -0.4 is 20.1 Å². The number of aliphatic hydroxyl groups is 1. The Hall–Kier alpha value is -2.32. The van der Waals surface area contributed by atoms with Crippen molar-refractivity contribution in [2.75, 3.05) is 38.3 Å². The maximum absolute atomic E-state index is 12.1. The van der Waals surface area contributed by atoms with Crippen LogP contribution in [0.4, 0.5) is 5.69 Å². The van der Waals surface area contributed by atoms with Gasteiger partial charge in [0.25, 0.3) is 5.91 Å². The summed E-state index contributed by atoms with van der Waals surface area (Å²) in [4.78, 5) is 27.1. The Morgan fingerprint density at radius 3 is 3.00 bits per heavy atom. The molecule has 1 aromatic carbocycles. The van der Waals surface area contributed by atoms with Crippen LogP contribution in [-0.4, -0.2) is 67.3 Å². The summed E-state index contributed by atoms with van der Waals surface area (Å²) in [6.45, 7) is 0.877. The number of carbonyl (C=O) groups excluding carboxylic acids is 2. The first kappa shape index (κ1) is 16.5.